The summed E-state index contributed by atoms with van der Waals surface area (Å²) in [6.07, 6.45) is 10.5. The minimum Gasteiger partial charge on any atom is -0.494 e. The van der Waals surface area contributed by atoms with Crippen LogP contribution in [0.2, 0.25) is 0 Å². The van der Waals surface area contributed by atoms with Gasteiger partial charge in [0.25, 0.3) is 0 Å². The number of hydrogen-bond acceptors (Lipinski definition) is 3. The summed E-state index contributed by atoms with van der Waals surface area (Å²) in [5, 5.41) is 6.12. The molecular formula is C20H30N2O2. The van der Waals surface area contributed by atoms with Gasteiger partial charge in [-0.05, 0) is 62.8 Å². The van der Waals surface area contributed by atoms with Crippen LogP contribution in [0.4, 0.5) is 5.69 Å². The van der Waals surface area contributed by atoms with Gasteiger partial charge in [-0.25, -0.2) is 0 Å². The van der Waals surface area contributed by atoms with Crippen molar-refractivity contribution in [1.82, 2.24) is 5.32 Å². The van der Waals surface area contributed by atoms with Crippen LogP contribution in [0, 0.1) is 0 Å². The summed E-state index contributed by atoms with van der Waals surface area (Å²) in [7, 11) is 0. The van der Waals surface area contributed by atoms with E-state index in [-0.39, 0.29) is 5.91 Å². The molecule has 132 valence electrons. The van der Waals surface area contributed by atoms with E-state index in [4.69, 9.17) is 4.74 Å². The number of benzene rings is 1. The number of hydrogen-bond donors (Lipinski definition) is 2. The van der Waals surface area contributed by atoms with E-state index in [0.29, 0.717) is 6.54 Å². The van der Waals surface area contributed by atoms with Gasteiger partial charge < -0.3 is 15.4 Å². The smallest absolute Gasteiger partial charge is 0.239 e. The Hall–Kier alpha value is -1.97. The van der Waals surface area contributed by atoms with Crippen LogP contribution in [-0.2, 0) is 4.79 Å². The van der Waals surface area contributed by atoms with Crippen LogP contribution >= 0.6 is 0 Å². The van der Waals surface area contributed by atoms with Crippen LogP contribution in [0.3, 0.4) is 0 Å². The second-order valence-corrected chi connectivity index (χ2v) is 6.29. The Labute approximate surface area is 145 Å². The molecule has 2 N–H and O–H groups in total. The minimum absolute atomic E-state index is 0.0367. The maximum absolute atomic E-state index is 11.9. The fourth-order valence-electron chi connectivity index (χ4n) is 2.74. The van der Waals surface area contributed by atoms with Crippen LogP contribution in [0.5, 0.6) is 5.75 Å². The van der Waals surface area contributed by atoms with Crippen LogP contribution in [0.1, 0.15) is 51.9 Å². The zero-order chi connectivity index (χ0) is 17.0. The molecule has 1 aromatic rings. The number of anilines is 1. The normalized spacial score (nSPS) is 14.0. The van der Waals surface area contributed by atoms with E-state index in [1.807, 2.05) is 24.3 Å². The third kappa shape index (κ3) is 7.07. The van der Waals surface area contributed by atoms with Gasteiger partial charge in [-0.1, -0.05) is 25.0 Å². The Bertz CT molecular complexity index is 523. The van der Waals surface area contributed by atoms with E-state index >= 15 is 0 Å². The third-order valence-electron chi connectivity index (χ3n) is 4.23. The first-order chi connectivity index (χ1) is 11.8. The topological polar surface area (TPSA) is 50.4 Å². The van der Waals surface area contributed by atoms with Crippen molar-refractivity contribution < 1.29 is 9.53 Å². The third-order valence-corrected chi connectivity index (χ3v) is 4.23. The number of carbonyl (C=O) groups is 1. The molecule has 0 saturated carbocycles. The number of allylic oxidation sites excluding steroid dienone is 1. The monoisotopic (exact) mass is 330 g/mol. The highest BCUT2D eigenvalue weighted by molar-refractivity contribution is 5.80. The van der Waals surface area contributed by atoms with Crippen LogP contribution in [0.15, 0.2) is 35.9 Å². The standard InChI is InChI=1S/C20H30N2O2/c1-2-3-15-24-19-11-9-18(10-12-19)22-16-20(23)21-14-13-17-7-5-4-6-8-17/h7,9-12,22H,2-6,8,13-16H2,1H3,(H,21,23). The summed E-state index contributed by atoms with van der Waals surface area (Å²) >= 11 is 0. The van der Waals surface area contributed by atoms with Gasteiger partial charge in [0.15, 0.2) is 0 Å². The van der Waals surface area contributed by atoms with Gasteiger partial charge in [-0.3, -0.25) is 4.79 Å². The first kappa shape index (κ1) is 18.4. The number of unbranched alkanes of at least 4 members (excludes halogenated alkanes) is 1. The Morgan fingerprint density at radius 3 is 2.75 bits per heavy atom. The fourth-order valence-corrected chi connectivity index (χ4v) is 2.74. The molecule has 1 amide bonds. The van der Waals surface area contributed by atoms with Crippen molar-refractivity contribution >= 4 is 11.6 Å². The van der Waals surface area contributed by atoms with E-state index in [1.54, 1.807) is 0 Å². The average Bonchev–Trinajstić information content (AvgIpc) is 2.62. The van der Waals surface area contributed by atoms with Crippen molar-refractivity contribution in [3.8, 4) is 5.75 Å². The minimum atomic E-state index is 0.0367. The Morgan fingerprint density at radius 2 is 2.04 bits per heavy atom. The molecule has 0 aliphatic heterocycles. The molecule has 0 aromatic heterocycles. The Balaban J connectivity index is 1.61. The zero-order valence-electron chi connectivity index (χ0n) is 14.8. The molecule has 24 heavy (non-hydrogen) atoms. The van der Waals surface area contributed by atoms with Crippen molar-refractivity contribution in [3.05, 3.63) is 35.9 Å². The molecule has 4 heteroatoms. The van der Waals surface area contributed by atoms with Crippen molar-refractivity contribution in [2.75, 3.05) is 25.0 Å². The van der Waals surface area contributed by atoms with E-state index in [2.05, 4.69) is 23.6 Å². The lowest BCUT2D eigenvalue weighted by Gasteiger charge is -2.13. The predicted octanol–water partition coefficient (Wildman–Crippen LogP) is 4.28. The highest BCUT2D eigenvalue weighted by atomic mass is 16.5. The van der Waals surface area contributed by atoms with Crippen LogP contribution in [0.25, 0.3) is 0 Å². The summed E-state index contributed by atoms with van der Waals surface area (Å²) in [4.78, 5) is 11.9. The summed E-state index contributed by atoms with van der Waals surface area (Å²) in [6, 6.07) is 7.76. The molecular weight excluding hydrogens is 300 g/mol. The van der Waals surface area contributed by atoms with Gasteiger partial charge in [0, 0.05) is 12.2 Å². The van der Waals surface area contributed by atoms with Crippen molar-refractivity contribution in [2.45, 2.75) is 51.9 Å². The highest BCUT2D eigenvalue weighted by Gasteiger charge is 2.05. The lowest BCUT2D eigenvalue weighted by Crippen LogP contribution is -2.30. The molecule has 0 radical (unpaired) electrons. The van der Waals surface area contributed by atoms with E-state index < -0.39 is 0 Å². The number of carbonyl (C=O) groups excluding carboxylic acids is 1. The summed E-state index contributed by atoms with van der Waals surface area (Å²) in [5.74, 6) is 0.911. The van der Waals surface area contributed by atoms with Crippen LogP contribution in [-0.4, -0.2) is 25.6 Å². The van der Waals surface area contributed by atoms with Crippen molar-refractivity contribution in [1.29, 1.82) is 0 Å². The SMILES string of the molecule is CCCCOc1ccc(NCC(=O)NCCC2=CCCCC2)cc1. The van der Waals surface area contributed by atoms with Crippen molar-refractivity contribution in [3.63, 3.8) is 0 Å². The first-order valence-corrected chi connectivity index (χ1v) is 9.19. The predicted molar refractivity (Wildman–Crippen MR) is 99.5 cm³/mol. The molecule has 4 nitrogen and oxygen atoms in total. The first-order valence-electron chi connectivity index (χ1n) is 9.19. The molecule has 1 aliphatic carbocycles. The van der Waals surface area contributed by atoms with Gasteiger partial charge >= 0.3 is 0 Å². The zero-order valence-corrected chi connectivity index (χ0v) is 14.8. The lowest BCUT2D eigenvalue weighted by molar-refractivity contribution is -0.119. The molecule has 0 saturated heterocycles. The molecule has 2 rings (SSSR count). The van der Waals surface area contributed by atoms with Gasteiger partial charge in [-0.2, -0.15) is 0 Å². The number of nitrogens with one attached hydrogen (secondary N) is 2. The second-order valence-electron chi connectivity index (χ2n) is 6.29. The van der Waals surface area contributed by atoms with Gasteiger partial charge in [0.2, 0.25) is 5.91 Å². The Morgan fingerprint density at radius 1 is 1.21 bits per heavy atom. The second kappa shape index (κ2) is 10.7. The van der Waals surface area contributed by atoms with Crippen molar-refractivity contribution in [2.24, 2.45) is 0 Å². The molecule has 1 aromatic carbocycles. The van der Waals surface area contributed by atoms with Crippen LogP contribution < -0.4 is 15.4 Å². The molecule has 0 unspecified atom stereocenters. The van der Waals surface area contributed by atoms with Gasteiger partial charge in [0.05, 0.1) is 13.2 Å². The number of ether oxygens (including phenoxy) is 1. The molecule has 1 aliphatic rings. The number of amides is 1. The lowest BCUT2D eigenvalue weighted by atomic mass is 9.97. The summed E-state index contributed by atoms with van der Waals surface area (Å²) < 4.78 is 5.63. The largest absolute Gasteiger partial charge is 0.494 e. The fraction of sp³-hybridized carbons (Fsp3) is 0.550. The van der Waals surface area contributed by atoms with E-state index in [9.17, 15) is 4.79 Å². The summed E-state index contributed by atoms with van der Waals surface area (Å²) in [6.45, 7) is 3.93. The maximum Gasteiger partial charge on any atom is 0.239 e. The molecule has 0 bridgehead atoms. The van der Waals surface area contributed by atoms with Gasteiger partial charge in [0.1, 0.15) is 5.75 Å². The quantitative estimate of drug-likeness (QED) is 0.497. The Kier molecular flexibility index (Phi) is 8.22. The molecule has 0 atom stereocenters. The average molecular weight is 330 g/mol. The van der Waals surface area contributed by atoms with E-state index in [0.717, 1.165) is 43.9 Å². The maximum atomic E-state index is 11.9. The summed E-state index contributed by atoms with van der Waals surface area (Å²) in [5.41, 5.74) is 2.43. The van der Waals surface area contributed by atoms with E-state index in [1.165, 1.54) is 31.3 Å². The molecule has 0 fully saturated rings. The molecule has 0 spiro atoms. The highest BCUT2D eigenvalue weighted by Crippen LogP contribution is 2.19. The number of rotatable bonds is 10. The molecule has 0 heterocycles. The van der Waals surface area contributed by atoms with Gasteiger partial charge in [-0.15, -0.1) is 0 Å².